The van der Waals surface area contributed by atoms with Crippen molar-refractivity contribution in [1.29, 1.82) is 0 Å². The van der Waals surface area contributed by atoms with Crippen LogP contribution in [0.5, 0.6) is 0 Å². The van der Waals surface area contributed by atoms with E-state index in [0.717, 1.165) is 24.2 Å². The maximum Gasteiger partial charge on any atom is 0.253 e. The van der Waals surface area contributed by atoms with Crippen LogP contribution < -0.4 is 0 Å². The first kappa shape index (κ1) is 15.9. The Bertz CT molecular complexity index is 784. The second-order valence-corrected chi connectivity index (χ2v) is 6.82. The molecule has 1 saturated heterocycles. The Morgan fingerprint density at radius 1 is 0.960 bits per heavy atom. The summed E-state index contributed by atoms with van der Waals surface area (Å²) in [6.45, 7) is 4.50. The largest absolute Gasteiger partial charge is 0.339 e. The average molecular weight is 338 g/mol. The van der Waals surface area contributed by atoms with Crippen molar-refractivity contribution in [2.75, 3.05) is 26.2 Å². The number of amides is 2. The molecule has 6 heteroatoms. The van der Waals surface area contributed by atoms with E-state index < -0.39 is 0 Å². The van der Waals surface area contributed by atoms with Gasteiger partial charge >= 0.3 is 0 Å². The molecule has 1 aromatic heterocycles. The van der Waals surface area contributed by atoms with Crippen molar-refractivity contribution in [2.24, 2.45) is 5.92 Å². The normalized spacial score (nSPS) is 17.6. The number of carbonyl (C=O) groups is 2. The highest BCUT2D eigenvalue weighted by Gasteiger charge is 2.35. The van der Waals surface area contributed by atoms with Gasteiger partial charge in [-0.2, -0.15) is 5.10 Å². The molecule has 0 spiro atoms. The zero-order valence-electron chi connectivity index (χ0n) is 14.4. The van der Waals surface area contributed by atoms with E-state index in [0.29, 0.717) is 31.7 Å². The van der Waals surface area contributed by atoms with E-state index >= 15 is 0 Å². The highest BCUT2D eigenvalue weighted by molar-refractivity contribution is 5.94. The van der Waals surface area contributed by atoms with Gasteiger partial charge in [-0.1, -0.05) is 0 Å². The molecule has 0 atom stereocenters. The minimum atomic E-state index is 0.0299. The predicted molar refractivity (Wildman–Crippen MR) is 93.5 cm³/mol. The minimum Gasteiger partial charge on any atom is -0.339 e. The summed E-state index contributed by atoms with van der Waals surface area (Å²) in [7, 11) is 0. The van der Waals surface area contributed by atoms with E-state index in [-0.39, 0.29) is 17.7 Å². The molecule has 0 N–H and O–H groups in total. The third-order valence-corrected chi connectivity index (χ3v) is 5.00. The van der Waals surface area contributed by atoms with Gasteiger partial charge in [0.25, 0.3) is 5.91 Å². The molecule has 1 aliphatic heterocycles. The number of carbonyl (C=O) groups excluding carboxylic acids is 2. The zero-order chi connectivity index (χ0) is 17.4. The molecule has 4 rings (SSSR count). The lowest BCUT2D eigenvalue weighted by atomic mass is 10.1. The number of aryl methyl sites for hydroxylation is 1. The Morgan fingerprint density at radius 2 is 1.60 bits per heavy atom. The third kappa shape index (κ3) is 3.16. The summed E-state index contributed by atoms with van der Waals surface area (Å²) in [5.74, 6) is 0.550. The van der Waals surface area contributed by atoms with Crippen LogP contribution in [0.3, 0.4) is 0 Å². The van der Waals surface area contributed by atoms with Crippen LogP contribution in [0.4, 0.5) is 0 Å². The van der Waals surface area contributed by atoms with Crippen LogP contribution in [0.1, 0.15) is 28.9 Å². The first-order valence-electron chi connectivity index (χ1n) is 8.82. The Morgan fingerprint density at radius 3 is 2.16 bits per heavy atom. The number of nitrogens with zero attached hydrogens (tertiary/aromatic N) is 4. The van der Waals surface area contributed by atoms with Gasteiger partial charge in [0, 0.05) is 49.6 Å². The smallest absolute Gasteiger partial charge is 0.253 e. The van der Waals surface area contributed by atoms with Crippen LogP contribution in [-0.4, -0.2) is 57.6 Å². The number of hydrogen-bond donors (Lipinski definition) is 0. The van der Waals surface area contributed by atoms with Crippen LogP contribution >= 0.6 is 0 Å². The van der Waals surface area contributed by atoms with Crippen LogP contribution in [-0.2, 0) is 4.79 Å². The summed E-state index contributed by atoms with van der Waals surface area (Å²) in [5, 5.41) is 4.28. The van der Waals surface area contributed by atoms with E-state index in [4.69, 9.17) is 0 Å². The second-order valence-electron chi connectivity index (χ2n) is 6.82. The van der Waals surface area contributed by atoms with Gasteiger partial charge in [-0.05, 0) is 50.1 Å². The molecular weight excluding hydrogens is 316 g/mol. The molecule has 1 saturated carbocycles. The van der Waals surface area contributed by atoms with Crippen LogP contribution in [0.25, 0.3) is 5.69 Å². The van der Waals surface area contributed by atoms with Gasteiger partial charge in [0.05, 0.1) is 5.69 Å². The van der Waals surface area contributed by atoms with Gasteiger partial charge in [-0.3, -0.25) is 9.59 Å². The Labute approximate surface area is 147 Å². The first-order valence-corrected chi connectivity index (χ1v) is 8.82. The van der Waals surface area contributed by atoms with Gasteiger partial charge in [0.1, 0.15) is 0 Å². The lowest BCUT2D eigenvalue weighted by Gasteiger charge is -2.35. The molecule has 1 aliphatic carbocycles. The lowest BCUT2D eigenvalue weighted by molar-refractivity contribution is -0.134. The molecule has 6 nitrogen and oxygen atoms in total. The van der Waals surface area contributed by atoms with E-state index in [1.54, 1.807) is 6.20 Å². The fourth-order valence-corrected chi connectivity index (χ4v) is 3.29. The zero-order valence-corrected chi connectivity index (χ0v) is 14.4. The molecule has 2 aromatic rings. The molecule has 0 unspecified atom stereocenters. The molecular formula is C19H22N4O2. The van der Waals surface area contributed by atoms with Gasteiger partial charge < -0.3 is 9.80 Å². The van der Waals surface area contributed by atoms with Crippen LogP contribution in [0, 0.1) is 12.8 Å². The van der Waals surface area contributed by atoms with Crippen molar-refractivity contribution in [1.82, 2.24) is 19.6 Å². The maximum atomic E-state index is 12.7. The summed E-state index contributed by atoms with van der Waals surface area (Å²) >= 11 is 0. The average Bonchev–Trinajstić information content (AvgIpc) is 3.42. The van der Waals surface area contributed by atoms with Crippen molar-refractivity contribution in [3.05, 3.63) is 47.8 Å². The molecule has 2 heterocycles. The molecule has 25 heavy (non-hydrogen) atoms. The third-order valence-electron chi connectivity index (χ3n) is 5.00. The Hall–Kier alpha value is -2.63. The molecule has 130 valence electrons. The van der Waals surface area contributed by atoms with E-state index in [2.05, 4.69) is 5.10 Å². The molecule has 1 aromatic carbocycles. The molecule has 2 fully saturated rings. The van der Waals surface area contributed by atoms with E-state index in [1.165, 1.54) is 0 Å². The van der Waals surface area contributed by atoms with Crippen LogP contribution in [0.2, 0.25) is 0 Å². The van der Waals surface area contributed by atoms with Gasteiger partial charge in [-0.25, -0.2) is 4.68 Å². The summed E-state index contributed by atoms with van der Waals surface area (Å²) in [4.78, 5) is 28.5. The minimum absolute atomic E-state index is 0.0299. The highest BCUT2D eigenvalue weighted by Crippen LogP contribution is 2.31. The predicted octanol–water partition coefficient (Wildman–Crippen LogP) is 1.88. The monoisotopic (exact) mass is 338 g/mol. The number of hydrogen-bond acceptors (Lipinski definition) is 3. The maximum absolute atomic E-state index is 12.7. The van der Waals surface area contributed by atoms with Crippen molar-refractivity contribution in [3.63, 3.8) is 0 Å². The molecule has 0 radical (unpaired) electrons. The fraction of sp³-hybridized carbons (Fsp3) is 0.421. The second kappa shape index (κ2) is 6.35. The SMILES string of the molecule is Cc1ccnn1-c1ccc(C(=O)N2CCN(C(=O)C3CC3)CC2)cc1. The van der Waals surface area contributed by atoms with E-state index in [9.17, 15) is 9.59 Å². The quantitative estimate of drug-likeness (QED) is 0.858. The summed E-state index contributed by atoms with van der Waals surface area (Å²) in [6, 6.07) is 9.47. The summed E-state index contributed by atoms with van der Waals surface area (Å²) in [6.07, 6.45) is 3.82. The first-order chi connectivity index (χ1) is 12.1. The van der Waals surface area contributed by atoms with Crippen molar-refractivity contribution in [2.45, 2.75) is 19.8 Å². The highest BCUT2D eigenvalue weighted by atomic mass is 16.2. The van der Waals surface area contributed by atoms with Gasteiger partial charge in [-0.15, -0.1) is 0 Å². The topological polar surface area (TPSA) is 58.4 Å². The number of rotatable bonds is 3. The molecule has 2 amide bonds. The van der Waals surface area contributed by atoms with Crippen molar-refractivity contribution in [3.8, 4) is 5.69 Å². The fourth-order valence-electron chi connectivity index (χ4n) is 3.29. The van der Waals surface area contributed by atoms with Gasteiger partial charge in [0.15, 0.2) is 0 Å². The molecule has 0 bridgehead atoms. The summed E-state index contributed by atoms with van der Waals surface area (Å²) in [5.41, 5.74) is 2.67. The van der Waals surface area contributed by atoms with Crippen molar-refractivity contribution >= 4 is 11.8 Å². The van der Waals surface area contributed by atoms with Crippen molar-refractivity contribution < 1.29 is 9.59 Å². The standard InChI is InChI=1S/C19H22N4O2/c1-14-8-9-20-23(14)17-6-4-16(5-7-17)19(25)22-12-10-21(11-13-22)18(24)15-2-3-15/h4-9,15H,2-3,10-13H2,1H3. The van der Waals surface area contributed by atoms with Crippen LogP contribution in [0.15, 0.2) is 36.5 Å². The number of piperazine rings is 1. The Balaban J connectivity index is 1.40. The number of aromatic nitrogens is 2. The van der Waals surface area contributed by atoms with Gasteiger partial charge in [0.2, 0.25) is 5.91 Å². The number of benzene rings is 1. The lowest BCUT2D eigenvalue weighted by Crippen LogP contribution is -2.51. The Kier molecular flexibility index (Phi) is 4.03. The van der Waals surface area contributed by atoms with E-state index in [1.807, 2.05) is 51.7 Å². The molecule has 2 aliphatic rings. The summed E-state index contributed by atoms with van der Waals surface area (Å²) < 4.78 is 1.84.